The Morgan fingerprint density at radius 1 is 1.47 bits per heavy atom. The van der Waals surface area contributed by atoms with Crippen LogP contribution in [0.2, 0.25) is 0 Å². The molecule has 0 aliphatic carbocycles. The number of benzene rings is 1. The maximum atomic E-state index is 13.3. The Hall–Kier alpha value is -1.96. The van der Waals surface area contributed by atoms with E-state index in [9.17, 15) is 13.6 Å². The van der Waals surface area contributed by atoms with Gasteiger partial charge in [0.25, 0.3) is 0 Å². The standard InChI is InChI=1S/C12H12F2N2O/c1-16(6-2-5-15)12(17)7-9-3-4-10(13)8-11(9)14/h3-4,8H,2,6-7H2,1H3. The van der Waals surface area contributed by atoms with Crippen LogP contribution in [0.1, 0.15) is 12.0 Å². The SMILES string of the molecule is CN(CCC#N)C(=O)Cc1ccc(F)cc1F. The lowest BCUT2D eigenvalue weighted by Crippen LogP contribution is -2.29. The summed E-state index contributed by atoms with van der Waals surface area (Å²) in [6.07, 6.45) is 0.0994. The number of carbonyl (C=O) groups is 1. The van der Waals surface area contributed by atoms with Crippen molar-refractivity contribution in [2.75, 3.05) is 13.6 Å². The van der Waals surface area contributed by atoms with Crippen molar-refractivity contribution in [2.24, 2.45) is 0 Å². The van der Waals surface area contributed by atoms with E-state index in [1.165, 1.54) is 11.0 Å². The molecule has 1 aromatic carbocycles. The maximum Gasteiger partial charge on any atom is 0.226 e. The molecular formula is C12H12F2N2O. The Morgan fingerprint density at radius 2 is 2.18 bits per heavy atom. The summed E-state index contributed by atoms with van der Waals surface area (Å²) in [7, 11) is 1.54. The molecule has 1 amide bonds. The van der Waals surface area contributed by atoms with Crippen LogP contribution < -0.4 is 0 Å². The van der Waals surface area contributed by atoms with E-state index in [1.807, 2.05) is 6.07 Å². The highest BCUT2D eigenvalue weighted by Gasteiger charge is 2.12. The molecule has 90 valence electrons. The van der Waals surface area contributed by atoms with Crippen molar-refractivity contribution in [3.63, 3.8) is 0 Å². The summed E-state index contributed by atoms with van der Waals surface area (Å²) in [5, 5.41) is 8.37. The number of halogens is 2. The molecule has 0 atom stereocenters. The Labute approximate surface area is 98.3 Å². The maximum absolute atomic E-state index is 13.3. The van der Waals surface area contributed by atoms with Crippen LogP contribution in [-0.2, 0) is 11.2 Å². The first-order valence-electron chi connectivity index (χ1n) is 5.09. The molecule has 1 aromatic rings. The van der Waals surface area contributed by atoms with Gasteiger partial charge in [-0.2, -0.15) is 5.26 Å². The van der Waals surface area contributed by atoms with Crippen molar-refractivity contribution in [2.45, 2.75) is 12.8 Å². The van der Waals surface area contributed by atoms with Crippen LogP contribution in [-0.4, -0.2) is 24.4 Å². The lowest BCUT2D eigenvalue weighted by Gasteiger charge is -2.15. The van der Waals surface area contributed by atoms with Gasteiger partial charge in [-0.15, -0.1) is 0 Å². The molecule has 0 aliphatic rings. The van der Waals surface area contributed by atoms with E-state index in [0.29, 0.717) is 6.54 Å². The molecule has 0 spiro atoms. The summed E-state index contributed by atoms with van der Waals surface area (Å²) in [4.78, 5) is 13.0. The smallest absolute Gasteiger partial charge is 0.226 e. The van der Waals surface area contributed by atoms with Gasteiger partial charge in [0.15, 0.2) is 0 Å². The van der Waals surface area contributed by atoms with Gasteiger partial charge < -0.3 is 4.90 Å². The third kappa shape index (κ3) is 3.83. The van der Waals surface area contributed by atoms with Crippen molar-refractivity contribution < 1.29 is 13.6 Å². The topological polar surface area (TPSA) is 44.1 Å². The van der Waals surface area contributed by atoms with Gasteiger partial charge in [-0.25, -0.2) is 8.78 Å². The van der Waals surface area contributed by atoms with Gasteiger partial charge >= 0.3 is 0 Å². The highest BCUT2D eigenvalue weighted by Crippen LogP contribution is 2.11. The number of nitrogens with zero attached hydrogens (tertiary/aromatic N) is 2. The first-order chi connectivity index (χ1) is 8.04. The van der Waals surface area contributed by atoms with E-state index < -0.39 is 11.6 Å². The molecule has 0 heterocycles. The highest BCUT2D eigenvalue weighted by molar-refractivity contribution is 5.78. The number of hydrogen-bond acceptors (Lipinski definition) is 2. The second kappa shape index (κ2) is 5.94. The van der Waals surface area contributed by atoms with Crippen molar-refractivity contribution in [1.29, 1.82) is 5.26 Å². The molecule has 3 nitrogen and oxygen atoms in total. The fraction of sp³-hybridized carbons (Fsp3) is 0.333. The summed E-state index contributed by atoms with van der Waals surface area (Å²) in [5.74, 6) is -1.70. The molecule has 1 rings (SSSR count). The quantitative estimate of drug-likeness (QED) is 0.803. The van der Waals surface area contributed by atoms with Crippen molar-refractivity contribution in [3.05, 3.63) is 35.4 Å². The molecule has 0 unspecified atom stereocenters. The minimum Gasteiger partial charge on any atom is -0.344 e. The second-order valence-corrected chi connectivity index (χ2v) is 3.64. The van der Waals surface area contributed by atoms with Gasteiger partial charge in [0, 0.05) is 19.7 Å². The van der Waals surface area contributed by atoms with E-state index in [-0.39, 0.29) is 24.3 Å². The van der Waals surface area contributed by atoms with Crippen molar-refractivity contribution in [1.82, 2.24) is 4.90 Å². The average Bonchev–Trinajstić information content (AvgIpc) is 2.29. The van der Waals surface area contributed by atoms with E-state index in [0.717, 1.165) is 12.1 Å². The van der Waals surface area contributed by atoms with E-state index in [4.69, 9.17) is 5.26 Å². The number of likely N-dealkylation sites (N-methyl/N-ethyl adjacent to an activating group) is 1. The molecule has 0 aliphatic heterocycles. The molecular weight excluding hydrogens is 226 g/mol. The summed E-state index contributed by atoms with van der Waals surface area (Å²) < 4.78 is 25.9. The first-order valence-corrected chi connectivity index (χ1v) is 5.09. The third-order valence-electron chi connectivity index (χ3n) is 2.34. The fourth-order valence-corrected chi connectivity index (χ4v) is 1.31. The van der Waals surface area contributed by atoms with Crippen LogP contribution >= 0.6 is 0 Å². The van der Waals surface area contributed by atoms with Gasteiger partial charge in [0.2, 0.25) is 5.91 Å². The van der Waals surface area contributed by atoms with Gasteiger partial charge in [-0.3, -0.25) is 4.79 Å². The summed E-state index contributed by atoms with van der Waals surface area (Å²) in [6, 6.07) is 5.03. The Kier molecular flexibility index (Phi) is 4.58. The molecule has 0 radical (unpaired) electrons. The second-order valence-electron chi connectivity index (χ2n) is 3.64. The number of nitriles is 1. The summed E-state index contributed by atoms with van der Waals surface area (Å²) >= 11 is 0. The van der Waals surface area contributed by atoms with E-state index >= 15 is 0 Å². The van der Waals surface area contributed by atoms with Gasteiger partial charge in [-0.1, -0.05) is 6.07 Å². The Morgan fingerprint density at radius 3 is 2.76 bits per heavy atom. The monoisotopic (exact) mass is 238 g/mol. The average molecular weight is 238 g/mol. The zero-order valence-corrected chi connectivity index (χ0v) is 9.41. The predicted molar refractivity (Wildman–Crippen MR) is 57.9 cm³/mol. The highest BCUT2D eigenvalue weighted by atomic mass is 19.1. The van der Waals surface area contributed by atoms with Crippen LogP contribution in [0.5, 0.6) is 0 Å². The first kappa shape index (κ1) is 13.1. The zero-order chi connectivity index (χ0) is 12.8. The summed E-state index contributed by atoms with van der Waals surface area (Å²) in [6.45, 7) is 0.304. The number of hydrogen-bond donors (Lipinski definition) is 0. The van der Waals surface area contributed by atoms with Crippen LogP contribution in [0.25, 0.3) is 0 Å². The normalized spacial score (nSPS) is 9.76. The van der Waals surface area contributed by atoms with Gasteiger partial charge in [-0.05, 0) is 11.6 Å². The fourth-order valence-electron chi connectivity index (χ4n) is 1.31. The van der Waals surface area contributed by atoms with E-state index in [2.05, 4.69) is 0 Å². The lowest BCUT2D eigenvalue weighted by molar-refractivity contribution is -0.129. The molecule has 0 fully saturated rings. The van der Waals surface area contributed by atoms with Crippen LogP contribution in [0.3, 0.4) is 0 Å². The van der Waals surface area contributed by atoms with Crippen LogP contribution in [0.15, 0.2) is 18.2 Å². The van der Waals surface area contributed by atoms with Gasteiger partial charge in [0.05, 0.1) is 18.9 Å². The van der Waals surface area contributed by atoms with Crippen LogP contribution in [0.4, 0.5) is 8.78 Å². The van der Waals surface area contributed by atoms with E-state index in [1.54, 1.807) is 7.05 Å². The molecule has 17 heavy (non-hydrogen) atoms. The number of carbonyl (C=O) groups excluding carboxylic acids is 1. The van der Waals surface area contributed by atoms with Crippen LogP contribution in [0, 0.1) is 23.0 Å². The molecule has 5 heteroatoms. The molecule has 0 bridgehead atoms. The minimum atomic E-state index is -0.730. The minimum absolute atomic E-state index is 0.131. The molecule has 0 N–H and O–H groups in total. The van der Waals surface area contributed by atoms with Gasteiger partial charge in [0.1, 0.15) is 11.6 Å². The Bertz CT molecular complexity index is 454. The molecule has 0 saturated heterocycles. The number of amides is 1. The van der Waals surface area contributed by atoms with Crippen molar-refractivity contribution >= 4 is 5.91 Å². The molecule has 0 saturated carbocycles. The molecule has 0 aromatic heterocycles. The lowest BCUT2D eigenvalue weighted by atomic mass is 10.1. The zero-order valence-electron chi connectivity index (χ0n) is 9.41. The largest absolute Gasteiger partial charge is 0.344 e. The summed E-state index contributed by atoms with van der Waals surface area (Å²) in [5.41, 5.74) is 0.153. The predicted octanol–water partition coefficient (Wildman–Crippen LogP) is 1.88. The number of rotatable bonds is 4. The van der Waals surface area contributed by atoms with Crippen molar-refractivity contribution in [3.8, 4) is 6.07 Å². The Balaban J connectivity index is 2.65. The third-order valence-corrected chi connectivity index (χ3v) is 2.34.